The van der Waals surface area contributed by atoms with Gasteiger partial charge in [0.1, 0.15) is 0 Å². The van der Waals surface area contributed by atoms with Crippen molar-refractivity contribution in [2.75, 3.05) is 6.38 Å². The second-order valence-electron chi connectivity index (χ2n) is 1.65. The minimum absolute atomic E-state index is 1.32. The van der Waals surface area contributed by atoms with Crippen molar-refractivity contribution in [3.63, 3.8) is 0 Å². The van der Waals surface area contributed by atoms with Crippen molar-refractivity contribution in [3.8, 4) is 0 Å². The molecule has 0 fully saturated rings. The second kappa shape index (κ2) is 22.5. The summed E-state index contributed by atoms with van der Waals surface area (Å²) in [6.45, 7) is 10.1. The first kappa shape index (κ1) is 18.3. The molecule has 0 aromatic heterocycles. The van der Waals surface area contributed by atoms with E-state index in [1.807, 2.05) is 45.9 Å². The molecule has 0 aliphatic heterocycles. The first-order valence-corrected chi connectivity index (χ1v) is 5.54. The zero-order valence-electron chi connectivity index (χ0n) is 9.76. The molecule has 0 saturated carbocycles. The lowest BCUT2D eigenvalue weighted by Crippen LogP contribution is -1.62. The van der Waals surface area contributed by atoms with Gasteiger partial charge in [-0.15, -0.1) is 11.6 Å². The maximum absolute atomic E-state index is 4.64. The molecule has 78 valence electrons. The topological polar surface area (TPSA) is 0 Å². The molecule has 13 heavy (non-hydrogen) atoms. The summed E-state index contributed by atoms with van der Waals surface area (Å²) >= 11 is 4.64. The Labute approximate surface area is 88.9 Å². The van der Waals surface area contributed by atoms with Crippen LogP contribution in [0.2, 0.25) is 0 Å². The molecule has 0 nitrogen and oxygen atoms in total. The molecule has 0 unspecified atom stereocenters. The SMILES string of the molecule is CC.CC.CCl.Cc1ccccc1. The highest BCUT2D eigenvalue weighted by molar-refractivity contribution is 6.15. The van der Waals surface area contributed by atoms with Crippen LogP contribution < -0.4 is 0 Å². The van der Waals surface area contributed by atoms with Crippen molar-refractivity contribution in [2.45, 2.75) is 34.6 Å². The van der Waals surface area contributed by atoms with Gasteiger partial charge in [0.25, 0.3) is 0 Å². The largest absolute Gasteiger partial charge is 0.130 e. The average molecular weight is 203 g/mol. The molecule has 1 aromatic rings. The van der Waals surface area contributed by atoms with Gasteiger partial charge in [0.05, 0.1) is 0 Å². The van der Waals surface area contributed by atoms with Crippen molar-refractivity contribution in [2.24, 2.45) is 0 Å². The van der Waals surface area contributed by atoms with Crippen LogP contribution >= 0.6 is 11.6 Å². The Balaban J connectivity index is -0.000000144. The third-order valence-corrected chi connectivity index (χ3v) is 0.940. The summed E-state index contributed by atoms with van der Waals surface area (Å²) in [4.78, 5) is 0. The van der Waals surface area contributed by atoms with Gasteiger partial charge in [-0.05, 0) is 6.92 Å². The van der Waals surface area contributed by atoms with Gasteiger partial charge in [0, 0.05) is 6.38 Å². The minimum Gasteiger partial charge on any atom is -0.130 e. The molecule has 0 aliphatic rings. The van der Waals surface area contributed by atoms with Gasteiger partial charge in [-0.1, -0.05) is 63.6 Å². The van der Waals surface area contributed by atoms with E-state index in [0.717, 1.165) is 0 Å². The van der Waals surface area contributed by atoms with Gasteiger partial charge >= 0.3 is 0 Å². The summed E-state index contributed by atoms with van der Waals surface area (Å²) in [6.07, 6.45) is 1.47. The number of rotatable bonds is 0. The van der Waals surface area contributed by atoms with Crippen LogP contribution in [0.5, 0.6) is 0 Å². The molecule has 0 amide bonds. The molecule has 0 N–H and O–H groups in total. The van der Waals surface area contributed by atoms with Gasteiger partial charge in [-0.25, -0.2) is 0 Å². The third-order valence-electron chi connectivity index (χ3n) is 0.940. The van der Waals surface area contributed by atoms with Crippen LogP contribution in [-0.2, 0) is 0 Å². The van der Waals surface area contributed by atoms with E-state index in [1.54, 1.807) is 0 Å². The average Bonchev–Trinajstić information content (AvgIpc) is 2.28. The highest BCUT2D eigenvalue weighted by Crippen LogP contribution is 1.92. The molecule has 0 radical (unpaired) electrons. The summed E-state index contributed by atoms with van der Waals surface area (Å²) in [5.74, 6) is 0. The minimum atomic E-state index is 1.32. The van der Waals surface area contributed by atoms with E-state index >= 15 is 0 Å². The molecule has 1 heteroatoms. The van der Waals surface area contributed by atoms with Crippen LogP contribution in [0, 0.1) is 6.92 Å². The molecule has 0 spiro atoms. The van der Waals surface area contributed by atoms with Crippen LogP contribution in [0.15, 0.2) is 30.3 Å². The zero-order chi connectivity index (χ0) is 11.1. The van der Waals surface area contributed by atoms with Crippen LogP contribution in [0.1, 0.15) is 33.3 Å². The number of halogens is 1. The van der Waals surface area contributed by atoms with Crippen molar-refractivity contribution in [3.05, 3.63) is 35.9 Å². The van der Waals surface area contributed by atoms with Crippen molar-refractivity contribution in [1.29, 1.82) is 0 Å². The Kier molecular flexibility index (Phi) is 31.8. The van der Waals surface area contributed by atoms with Gasteiger partial charge in [-0.3, -0.25) is 0 Å². The molecule has 0 saturated heterocycles. The predicted octanol–water partition coefficient (Wildman–Crippen LogP) is 4.90. The lowest BCUT2D eigenvalue weighted by atomic mass is 10.2. The van der Waals surface area contributed by atoms with Gasteiger partial charge < -0.3 is 0 Å². The highest BCUT2D eigenvalue weighted by atomic mass is 35.5. The number of benzene rings is 1. The van der Waals surface area contributed by atoms with Crippen molar-refractivity contribution < 1.29 is 0 Å². The summed E-state index contributed by atoms with van der Waals surface area (Å²) in [6, 6.07) is 10.3. The number of aryl methyl sites for hydroxylation is 1. The summed E-state index contributed by atoms with van der Waals surface area (Å²) < 4.78 is 0. The number of hydrogen-bond donors (Lipinski definition) is 0. The second-order valence-corrected chi connectivity index (χ2v) is 1.65. The van der Waals surface area contributed by atoms with E-state index in [2.05, 4.69) is 30.7 Å². The van der Waals surface area contributed by atoms with Gasteiger partial charge in [0.2, 0.25) is 0 Å². The van der Waals surface area contributed by atoms with Crippen molar-refractivity contribution >= 4 is 11.6 Å². The first-order valence-electron chi connectivity index (χ1n) is 4.79. The molecular formula is C12H23Cl. The van der Waals surface area contributed by atoms with Crippen LogP contribution in [0.3, 0.4) is 0 Å². The quantitative estimate of drug-likeness (QED) is 0.525. The lowest BCUT2D eigenvalue weighted by molar-refractivity contribution is 1.48. The monoisotopic (exact) mass is 202 g/mol. The first-order chi connectivity index (χ1) is 6.39. The fourth-order valence-electron chi connectivity index (χ4n) is 0.534. The summed E-state index contributed by atoms with van der Waals surface area (Å²) in [5.41, 5.74) is 1.32. The van der Waals surface area contributed by atoms with Gasteiger partial charge in [0.15, 0.2) is 0 Å². The van der Waals surface area contributed by atoms with Crippen molar-refractivity contribution in [1.82, 2.24) is 0 Å². The number of alkyl halides is 1. The van der Waals surface area contributed by atoms with Crippen LogP contribution in [0.4, 0.5) is 0 Å². The summed E-state index contributed by atoms with van der Waals surface area (Å²) in [5, 5.41) is 0. The molecule has 0 heterocycles. The Morgan fingerprint density at radius 2 is 1.08 bits per heavy atom. The molecule has 1 aromatic carbocycles. The van der Waals surface area contributed by atoms with E-state index in [4.69, 9.17) is 0 Å². The Morgan fingerprint density at radius 1 is 0.769 bits per heavy atom. The fourth-order valence-corrected chi connectivity index (χ4v) is 0.534. The van der Waals surface area contributed by atoms with E-state index in [1.165, 1.54) is 11.9 Å². The Hall–Kier alpha value is -0.490. The van der Waals surface area contributed by atoms with E-state index in [0.29, 0.717) is 0 Å². The molecule has 0 bridgehead atoms. The van der Waals surface area contributed by atoms with Crippen LogP contribution in [-0.4, -0.2) is 6.38 Å². The smallest absolute Gasteiger partial charge is 0.0108 e. The molecule has 1 rings (SSSR count). The highest BCUT2D eigenvalue weighted by Gasteiger charge is 1.72. The fraction of sp³-hybridized carbons (Fsp3) is 0.500. The van der Waals surface area contributed by atoms with Gasteiger partial charge in [-0.2, -0.15) is 0 Å². The standard InChI is InChI=1S/C7H8.2C2H6.CH3Cl/c1-7-5-3-2-4-6-7;3*1-2/h2-6H,1H3;2*1-2H3;1H3. The molecule has 0 atom stereocenters. The maximum Gasteiger partial charge on any atom is 0.0108 e. The maximum atomic E-state index is 4.64. The van der Waals surface area contributed by atoms with E-state index in [9.17, 15) is 0 Å². The zero-order valence-corrected chi connectivity index (χ0v) is 10.5. The Bertz CT molecular complexity index is 135. The molecular weight excluding hydrogens is 180 g/mol. The number of hydrogen-bond acceptors (Lipinski definition) is 0. The van der Waals surface area contributed by atoms with E-state index in [-0.39, 0.29) is 0 Å². The lowest BCUT2D eigenvalue weighted by Gasteiger charge is -1.82. The van der Waals surface area contributed by atoms with Crippen LogP contribution in [0.25, 0.3) is 0 Å². The van der Waals surface area contributed by atoms with E-state index < -0.39 is 0 Å². The summed E-state index contributed by atoms with van der Waals surface area (Å²) in [7, 11) is 0. The Morgan fingerprint density at radius 3 is 1.23 bits per heavy atom. The third kappa shape index (κ3) is 18.5. The predicted molar refractivity (Wildman–Crippen MR) is 65.7 cm³/mol. The normalized spacial score (nSPS) is 6.08. The molecule has 0 aliphatic carbocycles.